The maximum atomic E-state index is 11.5. The molecule has 0 amide bonds. The molecule has 1 aromatic rings. The molecule has 1 aliphatic rings. The number of ketones is 1. The van der Waals surface area contributed by atoms with Crippen molar-refractivity contribution in [1.29, 1.82) is 0 Å². The van der Waals surface area contributed by atoms with Gasteiger partial charge in [0.1, 0.15) is 5.78 Å². The first-order valence-electron chi connectivity index (χ1n) is 5.74. The van der Waals surface area contributed by atoms with Gasteiger partial charge in [-0.25, -0.2) is 0 Å². The van der Waals surface area contributed by atoms with Gasteiger partial charge in [-0.05, 0) is 50.8 Å². The van der Waals surface area contributed by atoms with E-state index in [1.807, 2.05) is 0 Å². The van der Waals surface area contributed by atoms with Gasteiger partial charge in [0.15, 0.2) is 0 Å². The number of aryl methyl sites for hydroxylation is 3. The van der Waals surface area contributed by atoms with Crippen molar-refractivity contribution in [3.8, 4) is 0 Å². The first kappa shape index (κ1) is 11.3. The van der Waals surface area contributed by atoms with Crippen LogP contribution in [0.5, 0.6) is 0 Å². The molecular weight excluding hydrogens is 198 g/mol. The molecule has 2 rings (SSSR count). The van der Waals surface area contributed by atoms with Crippen molar-refractivity contribution < 1.29 is 4.79 Å². The van der Waals surface area contributed by atoms with Gasteiger partial charge in [-0.1, -0.05) is 17.7 Å². The molecular formula is C14H19NO. The van der Waals surface area contributed by atoms with Gasteiger partial charge in [0, 0.05) is 5.92 Å². The monoisotopic (exact) mass is 217 g/mol. The Labute approximate surface area is 96.8 Å². The zero-order chi connectivity index (χ0) is 12.1. The minimum atomic E-state index is -0.592. The number of benzene rings is 1. The molecule has 1 fully saturated rings. The van der Waals surface area contributed by atoms with Crippen LogP contribution in [0.3, 0.4) is 0 Å². The molecule has 0 bridgehead atoms. The molecule has 0 aromatic heterocycles. The summed E-state index contributed by atoms with van der Waals surface area (Å²) < 4.78 is 0. The average molecular weight is 217 g/mol. The Hall–Kier alpha value is -1.15. The maximum absolute atomic E-state index is 11.5. The molecule has 2 heteroatoms. The molecule has 0 aliphatic heterocycles. The molecule has 1 saturated carbocycles. The van der Waals surface area contributed by atoms with Crippen molar-refractivity contribution in [3.05, 3.63) is 34.4 Å². The summed E-state index contributed by atoms with van der Waals surface area (Å²) >= 11 is 0. The zero-order valence-electron chi connectivity index (χ0n) is 10.4. The molecule has 16 heavy (non-hydrogen) atoms. The zero-order valence-corrected chi connectivity index (χ0v) is 10.4. The van der Waals surface area contributed by atoms with E-state index in [9.17, 15) is 4.79 Å². The Morgan fingerprint density at radius 1 is 1.31 bits per heavy atom. The van der Waals surface area contributed by atoms with Crippen molar-refractivity contribution in [2.45, 2.75) is 45.6 Å². The van der Waals surface area contributed by atoms with E-state index in [4.69, 9.17) is 5.73 Å². The molecule has 1 aliphatic carbocycles. The number of carbonyl (C=O) groups excluding carboxylic acids is 1. The smallest absolute Gasteiger partial charge is 0.150 e. The van der Waals surface area contributed by atoms with Gasteiger partial charge < -0.3 is 5.73 Å². The molecule has 0 radical (unpaired) electrons. The fourth-order valence-electron chi connectivity index (χ4n) is 2.77. The molecule has 86 valence electrons. The minimum Gasteiger partial charge on any atom is -0.318 e. The lowest BCUT2D eigenvalue weighted by Gasteiger charge is -2.13. The van der Waals surface area contributed by atoms with E-state index in [-0.39, 0.29) is 11.7 Å². The second-order valence-electron chi connectivity index (χ2n) is 5.17. The van der Waals surface area contributed by atoms with E-state index in [1.165, 1.54) is 22.3 Å². The molecule has 0 saturated heterocycles. The van der Waals surface area contributed by atoms with Gasteiger partial charge in [-0.2, -0.15) is 0 Å². The van der Waals surface area contributed by atoms with Crippen LogP contribution >= 0.6 is 0 Å². The third-order valence-corrected chi connectivity index (χ3v) is 3.75. The highest BCUT2D eigenvalue weighted by atomic mass is 16.1. The third kappa shape index (κ3) is 1.57. The summed E-state index contributed by atoms with van der Waals surface area (Å²) in [6, 6.07) is 4.34. The number of carbonyl (C=O) groups is 1. The summed E-state index contributed by atoms with van der Waals surface area (Å²) in [5.74, 6) is 0.336. The van der Waals surface area contributed by atoms with Crippen LogP contribution in [0.2, 0.25) is 0 Å². The van der Waals surface area contributed by atoms with Crippen LogP contribution in [-0.4, -0.2) is 11.3 Å². The Morgan fingerprint density at radius 2 is 1.81 bits per heavy atom. The Kier molecular flexibility index (Phi) is 2.43. The van der Waals surface area contributed by atoms with E-state index in [0.717, 1.165) is 6.42 Å². The lowest BCUT2D eigenvalue weighted by atomic mass is 9.93. The largest absolute Gasteiger partial charge is 0.318 e. The van der Waals surface area contributed by atoms with E-state index < -0.39 is 5.54 Å². The van der Waals surface area contributed by atoms with Crippen LogP contribution in [-0.2, 0) is 4.79 Å². The number of nitrogens with two attached hydrogens (primary N) is 1. The predicted molar refractivity (Wildman–Crippen MR) is 65.6 cm³/mol. The van der Waals surface area contributed by atoms with Crippen molar-refractivity contribution >= 4 is 5.78 Å². The lowest BCUT2D eigenvalue weighted by Crippen LogP contribution is -2.33. The molecule has 2 atom stereocenters. The van der Waals surface area contributed by atoms with E-state index in [0.29, 0.717) is 0 Å². The SMILES string of the molecule is CC(=O)C1(N)CC1c1c(C)cc(C)cc1C. The summed E-state index contributed by atoms with van der Waals surface area (Å²) in [5, 5.41) is 0. The first-order valence-corrected chi connectivity index (χ1v) is 5.74. The summed E-state index contributed by atoms with van der Waals surface area (Å²) in [4.78, 5) is 11.5. The quantitative estimate of drug-likeness (QED) is 0.826. The second kappa shape index (κ2) is 3.42. The van der Waals surface area contributed by atoms with Crippen LogP contribution in [0.15, 0.2) is 12.1 Å². The van der Waals surface area contributed by atoms with Crippen LogP contribution in [0.4, 0.5) is 0 Å². The maximum Gasteiger partial charge on any atom is 0.150 e. The fraction of sp³-hybridized carbons (Fsp3) is 0.500. The molecule has 2 N–H and O–H groups in total. The van der Waals surface area contributed by atoms with Gasteiger partial charge in [0.2, 0.25) is 0 Å². The summed E-state index contributed by atoms with van der Waals surface area (Å²) in [6.07, 6.45) is 0.799. The van der Waals surface area contributed by atoms with Crippen molar-refractivity contribution in [1.82, 2.24) is 0 Å². The predicted octanol–water partition coefficient (Wildman–Crippen LogP) is 2.39. The van der Waals surface area contributed by atoms with E-state index in [2.05, 4.69) is 32.9 Å². The van der Waals surface area contributed by atoms with Crippen molar-refractivity contribution in [2.24, 2.45) is 5.73 Å². The summed E-state index contributed by atoms with van der Waals surface area (Å²) in [7, 11) is 0. The minimum absolute atomic E-state index is 0.108. The van der Waals surface area contributed by atoms with Gasteiger partial charge in [-0.15, -0.1) is 0 Å². The van der Waals surface area contributed by atoms with E-state index in [1.54, 1.807) is 6.92 Å². The third-order valence-electron chi connectivity index (χ3n) is 3.75. The summed E-state index contributed by atoms with van der Waals surface area (Å²) in [6.45, 7) is 7.90. The topological polar surface area (TPSA) is 43.1 Å². The van der Waals surface area contributed by atoms with Crippen molar-refractivity contribution in [3.63, 3.8) is 0 Å². The summed E-state index contributed by atoms with van der Waals surface area (Å²) in [5.41, 5.74) is 10.6. The molecule has 1 aromatic carbocycles. The molecule has 0 heterocycles. The van der Waals surface area contributed by atoms with Gasteiger partial charge >= 0.3 is 0 Å². The highest BCUT2D eigenvalue weighted by Gasteiger charge is 2.56. The van der Waals surface area contributed by atoms with Gasteiger partial charge in [0.05, 0.1) is 5.54 Å². The lowest BCUT2D eigenvalue weighted by molar-refractivity contribution is -0.119. The van der Waals surface area contributed by atoms with E-state index >= 15 is 0 Å². The standard InChI is InChI=1S/C14H19NO/c1-8-5-9(2)13(10(3)6-8)12-7-14(12,15)11(4)16/h5-6,12H,7,15H2,1-4H3. The number of Topliss-reactive ketones (excluding diaryl/α,β-unsaturated/α-hetero) is 1. The molecule has 0 spiro atoms. The number of hydrogen-bond acceptors (Lipinski definition) is 2. The number of hydrogen-bond donors (Lipinski definition) is 1. The number of rotatable bonds is 2. The van der Waals surface area contributed by atoms with Crippen LogP contribution in [0.25, 0.3) is 0 Å². The Bertz CT molecular complexity index is 441. The Balaban J connectivity index is 2.41. The van der Waals surface area contributed by atoms with Gasteiger partial charge in [-0.3, -0.25) is 4.79 Å². The second-order valence-corrected chi connectivity index (χ2v) is 5.17. The fourth-order valence-corrected chi connectivity index (χ4v) is 2.77. The average Bonchev–Trinajstić information content (AvgIpc) is 2.77. The van der Waals surface area contributed by atoms with Crippen LogP contribution in [0.1, 0.15) is 41.5 Å². The highest BCUT2D eigenvalue weighted by molar-refractivity contribution is 5.91. The normalized spacial score (nSPS) is 27.9. The highest BCUT2D eigenvalue weighted by Crippen LogP contribution is 2.51. The van der Waals surface area contributed by atoms with Gasteiger partial charge in [0.25, 0.3) is 0 Å². The van der Waals surface area contributed by atoms with Crippen LogP contribution in [0, 0.1) is 20.8 Å². The van der Waals surface area contributed by atoms with Crippen LogP contribution < -0.4 is 5.73 Å². The molecule has 2 nitrogen and oxygen atoms in total. The Morgan fingerprint density at radius 3 is 2.19 bits per heavy atom. The molecule has 2 unspecified atom stereocenters. The first-order chi connectivity index (χ1) is 7.36. The van der Waals surface area contributed by atoms with Crippen molar-refractivity contribution in [2.75, 3.05) is 0 Å².